The summed E-state index contributed by atoms with van der Waals surface area (Å²) < 4.78 is 66.6. The molecule has 0 atom stereocenters. The van der Waals surface area contributed by atoms with Crippen LogP contribution in [0.15, 0.2) is 83.4 Å². The van der Waals surface area contributed by atoms with Gasteiger partial charge in [0.15, 0.2) is 0 Å². The number of furan rings is 1. The Morgan fingerprint density at radius 1 is 0.775 bits per heavy atom. The second kappa shape index (κ2) is 9.34. The number of benzene rings is 4. The molecule has 0 aliphatic heterocycles. The Morgan fingerprint density at radius 3 is 2.35 bits per heavy atom. The molecule has 4 aromatic carbocycles. The van der Waals surface area contributed by atoms with Crippen LogP contribution in [-0.2, 0) is 0 Å². The highest BCUT2D eigenvalue weighted by Crippen LogP contribution is 2.45. The summed E-state index contributed by atoms with van der Waals surface area (Å²) in [6, 6.07) is 23.2. The zero-order valence-electron chi connectivity index (χ0n) is 30.2. The number of fused-ring (bicyclic) bond motifs is 5. The topological polar surface area (TPSA) is 26.0 Å². The molecule has 200 valence electrons. The van der Waals surface area contributed by atoms with Gasteiger partial charge in [0.1, 0.15) is 11.2 Å². The highest BCUT2D eigenvalue weighted by atomic mass is 16.3. The Kier molecular flexibility index (Phi) is 4.30. The van der Waals surface area contributed by atoms with E-state index in [4.69, 9.17) is 12.6 Å². The summed E-state index contributed by atoms with van der Waals surface area (Å²) in [7, 11) is 0. The molecule has 0 radical (unpaired) electrons. The molecule has 1 aliphatic carbocycles. The number of rotatable bonds is 3. The number of aromatic nitrogens is 1. The van der Waals surface area contributed by atoms with E-state index >= 15 is 0 Å². The number of hydrogen-bond donors (Lipinski definition) is 0. The van der Waals surface area contributed by atoms with Crippen molar-refractivity contribution in [1.82, 2.24) is 4.98 Å². The first-order valence-electron chi connectivity index (χ1n) is 17.6. The second-order valence-corrected chi connectivity index (χ2v) is 12.0. The van der Waals surface area contributed by atoms with Crippen molar-refractivity contribution in [1.29, 1.82) is 0 Å². The van der Waals surface area contributed by atoms with Gasteiger partial charge in [-0.2, -0.15) is 0 Å². The average molecular weight is 531 g/mol. The highest BCUT2D eigenvalue weighted by Gasteiger charge is 2.28. The van der Waals surface area contributed by atoms with Crippen molar-refractivity contribution in [2.24, 2.45) is 5.41 Å². The van der Waals surface area contributed by atoms with Gasteiger partial charge >= 0.3 is 0 Å². The van der Waals surface area contributed by atoms with E-state index in [0.717, 1.165) is 45.5 Å². The molecule has 0 spiro atoms. The fraction of sp³-hybridized carbons (Fsp3) is 0.289. The van der Waals surface area contributed by atoms with E-state index in [2.05, 4.69) is 31.0 Å². The van der Waals surface area contributed by atoms with Crippen LogP contribution in [-0.4, -0.2) is 4.98 Å². The molecule has 2 nitrogen and oxygen atoms in total. The van der Waals surface area contributed by atoms with E-state index in [1.54, 1.807) is 12.1 Å². The molecule has 2 aromatic heterocycles. The summed E-state index contributed by atoms with van der Waals surface area (Å²) in [5, 5.41) is 3.97. The first kappa shape index (κ1) is 18.4. The number of nitrogens with zero attached hydrogens (tertiary/aromatic N) is 1. The number of hydrogen-bond acceptors (Lipinski definition) is 2. The van der Waals surface area contributed by atoms with Gasteiger partial charge in [-0.25, -0.2) is 0 Å². The van der Waals surface area contributed by atoms with Crippen LogP contribution in [0.3, 0.4) is 0 Å². The molecule has 7 rings (SSSR count). The second-order valence-electron chi connectivity index (χ2n) is 12.0. The molecule has 2 heteroatoms. The van der Waals surface area contributed by atoms with Crippen molar-refractivity contribution in [3.05, 3.63) is 101 Å². The minimum absolute atomic E-state index is 0.0383. The van der Waals surface area contributed by atoms with Crippen molar-refractivity contribution in [3.63, 3.8) is 0 Å². The Hall–Kier alpha value is -3.91. The van der Waals surface area contributed by atoms with Gasteiger partial charge < -0.3 is 4.42 Å². The van der Waals surface area contributed by atoms with Gasteiger partial charge in [0.25, 0.3) is 0 Å². The van der Waals surface area contributed by atoms with Crippen LogP contribution < -0.4 is 0 Å². The predicted molar refractivity (Wildman–Crippen MR) is 169 cm³/mol. The molecule has 0 amide bonds. The van der Waals surface area contributed by atoms with Crippen LogP contribution in [0.25, 0.3) is 55.1 Å². The lowest BCUT2D eigenvalue weighted by atomic mass is 9.70. The van der Waals surface area contributed by atoms with Crippen LogP contribution in [0.4, 0.5) is 0 Å². The normalized spacial score (nSPS) is 19.8. The quantitative estimate of drug-likeness (QED) is 0.227. The fourth-order valence-corrected chi connectivity index (χ4v) is 6.34. The average Bonchev–Trinajstić information content (AvgIpc) is 3.41. The summed E-state index contributed by atoms with van der Waals surface area (Å²) in [6.07, 6.45) is 4.18. The van der Waals surface area contributed by atoms with Crippen LogP contribution in [0, 0.1) is 26.0 Å². The monoisotopic (exact) mass is 530 g/mol. The molecule has 40 heavy (non-hydrogen) atoms. The van der Waals surface area contributed by atoms with Gasteiger partial charge in [-0.3, -0.25) is 4.98 Å². The third-order valence-corrected chi connectivity index (χ3v) is 8.81. The van der Waals surface area contributed by atoms with Crippen molar-refractivity contribution in [3.8, 4) is 22.4 Å². The Labute approximate surface area is 246 Å². The smallest absolute Gasteiger partial charge is 0.144 e. The standard InChI is InChI=1S/C38H37NO/c1-23-20-33(24(2)19-32(23)27-15-17-38(4,5)18-16-27)34-21-35(39-22-25(34)3)31-12-8-11-29-30-14-13-26-9-6-7-10-28(26)36(30)40-37(29)31/h6-14,19-22,27H,15-18H2,1-5H3/i1D3,3D3,27D. The van der Waals surface area contributed by atoms with Gasteiger partial charge in [-0.1, -0.05) is 68.4 Å². The number of aryl methyl sites for hydroxylation is 3. The molecular formula is C38H37NO. The van der Waals surface area contributed by atoms with Gasteiger partial charge in [-0.15, -0.1) is 0 Å². The van der Waals surface area contributed by atoms with E-state index in [9.17, 15) is 1.37 Å². The van der Waals surface area contributed by atoms with Gasteiger partial charge in [0, 0.05) is 37.5 Å². The molecule has 1 fully saturated rings. The molecule has 6 aromatic rings. The molecular weight excluding hydrogens is 486 g/mol. The first-order chi connectivity index (χ1) is 22.1. The zero-order chi connectivity index (χ0) is 33.5. The van der Waals surface area contributed by atoms with E-state index in [1.807, 2.05) is 55.5 Å². The third kappa shape index (κ3) is 4.13. The maximum absolute atomic E-state index is 9.43. The van der Waals surface area contributed by atoms with Crippen LogP contribution in [0.5, 0.6) is 0 Å². The minimum Gasteiger partial charge on any atom is -0.455 e. The number of para-hydroxylation sites is 1. The van der Waals surface area contributed by atoms with Crippen LogP contribution in [0.2, 0.25) is 0 Å². The summed E-state index contributed by atoms with van der Waals surface area (Å²) in [6.45, 7) is 1.26. The molecule has 0 unspecified atom stereocenters. The number of pyridine rings is 1. The zero-order valence-corrected chi connectivity index (χ0v) is 23.2. The summed E-state index contributed by atoms with van der Waals surface area (Å²) in [4.78, 5) is 4.64. The van der Waals surface area contributed by atoms with Gasteiger partial charge in [0.05, 0.1) is 5.69 Å². The van der Waals surface area contributed by atoms with Crippen molar-refractivity contribution in [2.75, 3.05) is 0 Å². The first-order valence-corrected chi connectivity index (χ1v) is 14.1. The van der Waals surface area contributed by atoms with Crippen molar-refractivity contribution in [2.45, 2.75) is 66.1 Å². The van der Waals surface area contributed by atoms with E-state index in [0.29, 0.717) is 46.4 Å². The lowest BCUT2D eigenvalue weighted by Gasteiger charge is -2.35. The fourth-order valence-electron chi connectivity index (χ4n) is 6.34. The predicted octanol–water partition coefficient (Wildman–Crippen LogP) is 11.1. The molecule has 1 saturated carbocycles. The summed E-state index contributed by atoms with van der Waals surface area (Å²) >= 11 is 0. The largest absolute Gasteiger partial charge is 0.455 e. The Bertz CT molecular complexity index is 2180. The molecule has 0 bridgehead atoms. The Morgan fingerprint density at radius 2 is 1.52 bits per heavy atom. The summed E-state index contributed by atoms with van der Waals surface area (Å²) in [5.74, 6) is -1.03. The molecule has 0 saturated heterocycles. The molecule has 0 N–H and O–H groups in total. The van der Waals surface area contributed by atoms with E-state index in [-0.39, 0.29) is 16.5 Å². The molecule has 1 aliphatic rings. The van der Waals surface area contributed by atoms with E-state index in [1.165, 1.54) is 6.20 Å². The third-order valence-electron chi connectivity index (χ3n) is 8.81. The summed E-state index contributed by atoms with van der Waals surface area (Å²) in [5.41, 5.74) is 5.04. The highest BCUT2D eigenvalue weighted by molar-refractivity contribution is 6.17. The van der Waals surface area contributed by atoms with Gasteiger partial charge in [0.2, 0.25) is 0 Å². The SMILES string of the molecule is [2H]C([2H])([2H])c1cnc(-c2cccc3c2oc2c4ccccc4ccc32)cc1-c1cc(C([2H])([2H])[2H])c(C2([2H])CCC(C)(C)CC2)cc1C. The van der Waals surface area contributed by atoms with Crippen molar-refractivity contribution >= 4 is 32.7 Å². The maximum atomic E-state index is 9.43. The van der Waals surface area contributed by atoms with Crippen LogP contribution in [0.1, 0.15) is 77.3 Å². The van der Waals surface area contributed by atoms with E-state index < -0.39 is 19.6 Å². The minimum atomic E-state index is -2.50. The molecule has 2 heterocycles. The lowest BCUT2D eigenvalue weighted by molar-refractivity contribution is 0.224. The van der Waals surface area contributed by atoms with Crippen molar-refractivity contribution < 1.29 is 14.0 Å². The maximum Gasteiger partial charge on any atom is 0.144 e. The van der Waals surface area contributed by atoms with Crippen LogP contribution >= 0.6 is 0 Å². The lowest BCUT2D eigenvalue weighted by Crippen LogP contribution is -2.20. The van der Waals surface area contributed by atoms with Gasteiger partial charge in [-0.05, 0) is 115 Å². The Balaban J connectivity index is 1.44.